The minimum Gasteiger partial charge on any atom is -0.371 e. The minimum absolute atomic E-state index is 0.902. The molecule has 96 valence electrons. The molecule has 0 bridgehead atoms. The molecule has 1 rings (SSSR count). The molecule has 17 heavy (non-hydrogen) atoms. The molecule has 0 fully saturated rings. The average Bonchev–Trinajstić information content (AvgIpc) is 2.34. The third-order valence-corrected chi connectivity index (χ3v) is 2.88. The van der Waals surface area contributed by atoms with Gasteiger partial charge in [0.2, 0.25) is 0 Å². The topological polar surface area (TPSA) is 28.2 Å². The van der Waals surface area contributed by atoms with Crippen LogP contribution >= 0.6 is 0 Å². The molecule has 0 aliphatic rings. The van der Waals surface area contributed by atoms with Crippen LogP contribution in [0.3, 0.4) is 0 Å². The Morgan fingerprint density at radius 2 is 2.06 bits per heavy atom. The van der Waals surface area contributed by atoms with Crippen LogP contribution in [0, 0.1) is 6.92 Å². The Balaban J connectivity index is 2.95. The van der Waals surface area contributed by atoms with E-state index in [2.05, 4.69) is 49.0 Å². The summed E-state index contributed by atoms with van der Waals surface area (Å²) in [5.74, 6) is 0. The first kappa shape index (κ1) is 14.0. The van der Waals surface area contributed by atoms with Gasteiger partial charge in [0.1, 0.15) is 0 Å². The molecule has 0 aliphatic heterocycles. The third kappa shape index (κ3) is 4.00. The van der Waals surface area contributed by atoms with Gasteiger partial charge in [0, 0.05) is 42.8 Å². The summed E-state index contributed by atoms with van der Waals surface area (Å²) in [7, 11) is 0. The molecule has 1 aromatic rings. The van der Waals surface area contributed by atoms with E-state index < -0.39 is 0 Å². The van der Waals surface area contributed by atoms with Crippen molar-refractivity contribution in [3.05, 3.63) is 23.5 Å². The monoisotopic (exact) mass is 235 g/mol. The normalized spacial score (nSPS) is 10.6. The Kier molecular flexibility index (Phi) is 5.98. The van der Waals surface area contributed by atoms with E-state index >= 15 is 0 Å². The molecule has 0 spiro atoms. The third-order valence-electron chi connectivity index (χ3n) is 2.88. The zero-order valence-electron chi connectivity index (χ0n) is 11.6. The van der Waals surface area contributed by atoms with Crippen molar-refractivity contribution < 1.29 is 0 Å². The van der Waals surface area contributed by atoms with Gasteiger partial charge in [0.15, 0.2) is 0 Å². The van der Waals surface area contributed by atoms with Crippen molar-refractivity contribution >= 4 is 5.69 Å². The molecule has 0 amide bonds. The number of nitrogens with zero attached hydrogens (tertiary/aromatic N) is 2. The summed E-state index contributed by atoms with van der Waals surface area (Å²) < 4.78 is 0. The number of hydrogen-bond donors (Lipinski definition) is 1. The second-order valence-corrected chi connectivity index (χ2v) is 4.31. The van der Waals surface area contributed by atoms with Gasteiger partial charge in [-0.2, -0.15) is 0 Å². The zero-order valence-corrected chi connectivity index (χ0v) is 11.6. The highest BCUT2D eigenvalue weighted by Gasteiger charge is 2.09. The van der Waals surface area contributed by atoms with E-state index in [1.165, 1.54) is 17.7 Å². The first-order chi connectivity index (χ1) is 8.22. The number of nitrogens with one attached hydrogen (secondary N) is 1. The Labute approximate surface area is 105 Å². The zero-order chi connectivity index (χ0) is 12.7. The summed E-state index contributed by atoms with van der Waals surface area (Å²) >= 11 is 0. The summed E-state index contributed by atoms with van der Waals surface area (Å²) in [6.45, 7) is 12.7. The second kappa shape index (κ2) is 7.28. The number of aryl methyl sites for hydroxylation is 1. The quantitative estimate of drug-likeness (QED) is 0.787. The second-order valence-electron chi connectivity index (χ2n) is 4.31. The van der Waals surface area contributed by atoms with E-state index in [0.29, 0.717) is 0 Å². The van der Waals surface area contributed by atoms with Crippen LogP contribution in [0.15, 0.2) is 12.3 Å². The Hall–Kier alpha value is -1.09. The SMILES string of the molecule is CCCN(CC)c1cc(C)ncc1CNCC. The number of pyridine rings is 1. The van der Waals surface area contributed by atoms with E-state index in [0.717, 1.165) is 31.9 Å². The molecular formula is C14H25N3. The lowest BCUT2D eigenvalue weighted by atomic mass is 10.1. The van der Waals surface area contributed by atoms with Crippen LogP contribution in [0.5, 0.6) is 0 Å². The van der Waals surface area contributed by atoms with Gasteiger partial charge in [-0.25, -0.2) is 0 Å². The predicted molar refractivity (Wildman–Crippen MR) is 74.5 cm³/mol. The van der Waals surface area contributed by atoms with Gasteiger partial charge in [-0.15, -0.1) is 0 Å². The molecule has 0 unspecified atom stereocenters. The van der Waals surface area contributed by atoms with Crippen molar-refractivity contribution in [3.8, 4) is 0 Å². The molecule has 0 aliphatic carbocycles. The first-order valence-corrected chi connectivity index (χ1v) is 6.64. The van der Waals surface area contributed by atoms with Crippen molar-refractivity contribution in [1.29, 1.82) is 0 Å². The smallest absolute Gasteiger partial charge is 0.0445 e. The van der Waals surface area contributed by atoms with Gasteiger partial charge in [0.05, 0.1) is 0 Å². The van der Waals surface area contributed by atoms with Crippen LogP contribution in [-0.2, 0) is 6.54 Å². The molecule has 1 N–H and O–H groups in total. The van der Waals surface area contributed by atoms with E-state index in [9.17, 15) is 0 Å². The van der Waals surface area contributed by atoms with Crippen LogP contribution < -0.4 is 10.2 Å². The molecular weight excluding hydrogens is 210 g/mol. The molecule has 0 saturated heterocycles. The summed E-state index contributed by atoms with van der Waals surface area (Å²) in [6.07, 6.45) is 3.18. The summed E-state index contributed by atoms with van der Waals surface area (Å²) in [5.41, 5.74) is 3.73. The number of rotatable bonds is 7. The van der Waals surface area contributed by atoms with Crippen molar-refractivity contribution in [2.45, 2.75) is 40.7 Å². The largest absolute Gasteiger partial charge is 0.371 e. The Morgan fingerprint density at radius 1 is 1.29 bits per heavy atom. The highest BCUT2D eigenvalue weighted by Crippen LogP contribution is 2.21. The van der Waals surface area contributed by atoms with E-state index in [1.54, 1.807) is 0 Å². The molecule has 0 radical (unpaired) electrons. The Morgan fingerprint density at radius 3 is 2.65 bits per heavy atom. The van der Waals surface area contributed by atoms with Crippen LogP contribution in [0.2, 0.25) is 0 Å². The van der Waals surface area contributed by atoms with Crippen molar-refractivity contribution in [1.82, 2.24) is 10.3 Å². The van der Waals surface area contributed by atoms with E-state index in [1.807, 2.05) is 6.20 Å². The maximum Gasteiger partial charge on any atom is 0.0445 e. The molecule has 3 nitrogen and oxygen atoms in total. The van der Waals surface area contributed by atoms with Gasteiger partial charge in [-0.3, -0.25) is 4.98 Å². The standard InChI is InChI=1S/C14H25N3/c1-5-8-17(7-3)14-9-12(4)16-11-13(14)10-15-6-2/h9,11,15H,5-8,10H2,1-4H3. The lowest BCUT2D eigenvalue weighted by Crippen LogP contribution is -2.26. The minimum atomic E-state index is 0.902. The maximum atomic E-state index is 4.40. The molecule has 0 aromatic carbocycles. The molecule has 1 aromatic heterocycles. The number of hydrogen-bond acceptors (Lipinski definition) is 3. The van der Waals surface area contributed by atoms with E-state index in [4.69, 9.17) is 0 Å². The van der Waals surface area contributed by atoms with Gasteiger partial charge in [-0.1, -0.05) is 13.8 Å². The molecule has 3 heteroatoms. The summed E-state index contributed by atoms with van der Waals surface area (Å²) in [4.78, 5) is 6.83. The summed E-state index contributed by atoms with van der Waals surface area (Å²) in [6, 6.07) is 2.20. The lowest BCUT2D eigenvalue weighted by Gasteiger charge is -2.25. The first-order valence-electron chi connectivity index (χ1n) is 6.64. The van der Waals surface area contributed by atoms with Crippen LogP contribution in [-0.4, -0.2) is 24.6 Å². The molecule has 0 atom stereocenters. The summed E-state index contributed by atoms with van der Waals surface area (Å²) in [5, 5.41) is 3.38. The van der Waals surface area contributed by atoms with E-state index in [-0.39, 0.29) is 0 Å². The molecule has 0 saturated carbocycles. The van der Waals surface area contributed by atoms with Gasteiger partial charge in [-0.05, 0) is 32.9 Å². The van der Waals surface area contributed by atoms with Gasteiger partial charge >= 0.3 is 0 Å². The fraction of sp³-hybridized carbons (Fsp3) is 0.643. The van der Waals surface area contributed by atoms with Crippen LogP contribution in [0.25, 0.3) is 0 Å². The van der Waals surface area contributed by atoms with Gasteiger partial charge in [0.25, 0.3) is 0 Å². The van der Waals surface area contributed by atoms with Crippen molar-refractivity contribution in [2.75, 3.05) is 24.5 Å². The van der Waals surface area contributed by atoms with Crippen molar-refractivity contribution in [2.24, 2.45) is 0 Å². The van der Waals surface area contributed by atoms with Crippen LogP contribution in [0.1, 0.15) is 38.4 Å². The maximum absolute atomic E-state index is 4.40. The predicted octanol–water partition coefficient (Wildman–Crippen LogP) is 2.74. The Bertz CT molecular complexity index is 336. The number of aromatic nitrogens is 1. The fourth-order valence-electron chi connectivity index (χ4n) is 1.98. The average molecular weight is 235 g/mol. The highest BCUT2D eigenvalue weighted by atomic mass is 15.1. The molecule has 1 heterocycles. The lowest BCUT2D eigenvalue weighted by molar-refractivity contribution is 0.713. The van der Waals surface area contributed by atoms with Crippen LogP contribution in [0.4, 0.5) is 5.69 Å². The van der Waals surface area contributed by atoms with Crippen molar-refractivity contribution in [3.63, 3.8) is 0 Å². The number of anilines is 1. The fourth-order valence-corrected chi connectivity index (χ4v) is 1.98. The highest BCUT2D eigenvalue weighted by molar-refractivity contribution is 5.53. The van der Waals surface area contributed by atoms with Gasteiger partial charge < -0.3 is 10.2 Å².